The molecule has 0 saturated heterocycles. The third-order valence-electron chi connectivity index (χ3n) is 5.46. The Kier molecular flexibility index (Phi) is 6.45. The number of amides is 1. The van der Waals surface area contributed by atoms with E-state index in [1.165, 1.54) is 0 Å². The molecule has 4 aromatic carbocycles. The fraction of sp³-hybridized carbons (Fsp3) is 0.0714. The van der Waals surface area contributed by atoms with Gasteiger partial charge >= 0.3 is 0 Å². The average Bonchev–Trinajstić information content (AvgIpc) is 3.30. The number of benzene rings is 4. The molecule has 7 heteroatoms. The van der Waals surface area contributed by atoms with Crippen LogP contribution in [0.2, 0.25) is 10.0 Å². The van der Waals surface area contributed by atoms with Crippen molar-refractivity contribution < 1.29 is 13.9 Å². The van der Waals surface area contributed by atoms with Crippen LogP contribution in [0, 0.1) is 0 Å². The molecular weight excluding hydrogens is 483 g/mol. The van der Waals surface area contributed by atoms with Crippen LogP contribution in [-0.4, -0.2) is 17.0 Å². The van der Waals surface area contributed by atoms with Crippen LogP contribution >= 0.6 is 23.2 Å². The number of carbonyl (C=O) groups excluding carboxylic acids is 1. The van der Waals surface area contributed by atoms with Crippen molar-refractivity contribution in [1.29, 1.82) is 0 Å². The number of carbonyl (C=O) groups is 1. The molecule has 1 heterocycles. The Bertz CT molecular complexity index is 1500. The Morgan fingerprint density at radius 2 is 1.60 bits per heavy atom. The minimum Gasteiger partial charge on any atom is -0.479 e. The van der Waals surface area contributed by atoms with E-state index in [0.29, 0.717) is 38.5 Å². The van der Waals surface area contributed by atoms with E-state index in [-0.39, 0.29) is 5.91 Å². The van der Waals surface area contributed by atoms with Gasteiger partial charge in [-0.2, -0.15) is 0 Å². The molecular formula is C28H20Cl2N2O3. The molecule has 35 heavy (non-hydrogen) atoms. The third-order valence-corrected chi connectivity index (χ3v) is 5.99. The summed E-state index contributed by atoms with van der Waals surface area (Å²) in [6, 6.07) is 28.4. The van der Waals surface area contributed by atoms with Crippen LogP contribution < -0.4 is 10.1 Å². The number of anilines is 1. The Morgan fingerprint density at radius 1 is 0.886 bits per heavy atom. The SMILES string of the molecule is CC(Oc1ccc(Cl)cc1Cl)C(=O)Nc1ccc2oc(-c3ccc(-c4ccccc4)cc3)nc2c1. The van der Waals surface area contributed by atoms with Gasteiger partial charge in [0.25, 0.3) is 5.91 Å². The van der Waals surface area contributed by atoms with Crippen molar-refractivity contribution in [2.75, 3.05) is 5.32 Å². The van der Waals surface area contributed by atoms with Crippen LogP contribution in [0.5, 0.6) is 5.75 Å². The fourth-order valence-corrected chi connectivity index (χ4v) is 4.08. The van der Waals surface area contributed by atoms with Gasteiger partial charge in [0.15, 0.2) is 11.7 Å². The largest absolute Gasteiger partial charge is 0.479 e. The molecule has 0 aliphatic carbocycles. The van der Waals surface area contributed by atoms with E-state index in [2.05, 4.69) is 22.4 Å². The molecule has 1 unspecified atom stereocenters. The highest BCUT2D eigenvalue weighted by Crippen LogP contribution is 2.30. The van der Waals surface area contributed by atoms with Crippen LogP contribution in [0.25, 0.3) is 33.7 Å². The standard InChI is InChI=1S/C28H20Cl2N2O3/c1-17(34-25-13-11-21(29)15-23(25)30)27(33)31-22-12-14-26-24(16-22)32-28(35-26)20-9-7-19(8-10-20)18-5-3-2-4-6-18/h2-17H,1H3,(H,31,33). The molecule has 5 rings (SSSR count). The normalized spacial score (nSPS) is 11.9. The lowest BCUT2D eigenvalue weighted by molar-refractivity contribution is -0.122. The average molecular weight is 503 g/mol. The predicted octanol–water partition coefficient (Wildman–Crippen LogP) is 7.87. The number of oxazole rings is 1. The summed E-state index contributed by atoms with van der Waals surface area (Å²) in [7, 11) is 0. The first-order chi connectivity index (χ1) is 17.0. The van der Waals surface area contributed by atoms with Gasteiger partial charge in [-0.05, 0) is 66.6 Å². The van der Waals surface area contributed by atoms with E-state index in [1.807, 2.05) is 42.5 Å². The Balaban J connectivity index is 1.30. The maximum Gasteiger partial charge on any atom is 0.265 e. The number of aromatic nitrogens is 1. The summed E-state index contributed by atoms with van der Waals surface area (Å²) in [5, 5.41) is 3.68. The molecule has 0 fully saturated rings. The zero-order chi connectivity index (χ0) is 24.4. The molecule has 5 aromatic rings. The van der Waals surface area contributed by atoms with Gasteiger partial charge in [-0.25, -0.2) is 4.98 Å². The number of rotatable bonds is 6. The third kappa shape index (κ3) is 5.16. The fourth-order valence-electron chi connectivity index (χ4n) is 3.62. The number of nitrogens with one attached hydrogen (secondary N) is 1. The molecule has 5 nitrogen and oxygen atoms in total. The molecule has 174 valence electrons. The number of hydrogen-bond acceptors (Lipinski definition) is 4. The lowest BCUT2D eigenvalue weighted by Gasteiger charge is -2.15. The van der Waals surface area contributed by atoms with Crippen LogP contribution in [0.1, 0.15) is 6.92 Å². The van der Waals surface area contributed by atoms with Crippen molar-refractivity contribution in [1.82, 2.24) is 4.98 Å². The van der Waals surface area contributed by atoms with Gasteiger partial charge in [0.2, 0.25) is 5.89 Å². The summed E-state index contributed by atoms with van der Waals surface area (Å²) in [5.41, 5.74) is 4.98. The van der Waals surface area contributed by atoms with Crippen molar-refractivity contribution in [3.63, 3.8) is 0 Å². The van der Waals surface area contributed by atoms with Gasteiger partial charge < -0.3 is 14.5 Å². The smallest absolute Gasteiger partial charge is 0.265 e. The Hall–Kier alpha value is -3.80. The van der Waals surface area contributed by atoms with E-state index in [1.54, 1.807) is 43.3 Å². The summed E-state index contributed by atoms with van der Waals surface area (Å²) in [5.74, 6) is 0.571. The maximum atomic E-state index is 12.7. The lowest BCUT2D eigenvalue weighted by Crippen LogP contribution is -2.30. The summed E-state index contributed by atoms with van der Waals surface area (Å²) < 4.78 is 11.6. The van der Waals surface area contributed by atoms with Gasteiger partial charge in [0.1, 0.15) is 11.3 Å². The number of halogens is 2. The molecule has 1 amide bonds. The lowest BCUT2D eigenvalue weighted by atomic mass is 10.0. The highest BCUT2D eigenvalue weighted by molar-refractivity contribution is 6.35. The first kappa shape index (κ1) is 23.0. The number of ether oxygens (including phenoxy) is 1. The van der Waals surface area contributed by atoms with Gasteiger partial charge in [-0.3, -0.25) is 4.79 Å². The van der Waals surface area contributed by atoms with Crippen LogP contribution in [0.15, 0.2) is 95.4 Å². The van der Waals surface area contributed by atoms with Crippen molar-refractivity contribution in [3.05, 3.63) is 101 Å². The number of nitrogens with zero attached hydrogens (tertiary/aromatic N) is 1. The molecule has 0 spiro atoms. The molecule has 0 aliphatic rings. The van der Waals surface area contributed by atoms with E-state index >= 15 is 0 Å². The van der Waals surface area contributed by atoms with E-state index in [9.17, 15) is 4.79 Å². The van der Waals surface area contributed by atoms with Crippen molar-refractivity contribution >= 4 is 45.9 Å². The summed E-state index contributed by atoms with van der Waals surface area (Å²) in [6.07, 6.45) is -0.777. The molecule has 0 aliphatic heterocycles. The molecule has 0 saturated carbocycles. The number of hydrogen-bond donors (Lipinski definition) is 1. The first-order valence-corrected chi connectivity index (χ1v) is 11.7. The summed E-state index contributed by atoms with van der Waals surface area (Å²) >= 11 is 12.0. The number of fused-ring (bicyclic) bond motifs is 1. The van der Waals surface area contributed by atoms with Crippen LogP contribution in [0.4, 0.5) is 5.69 Å². The van der Waals surface area contributed by atoms with Gasteiger partial charge in [0.05, 0.1) is 5.02 Å². The van der Waals surface area contributed by atoms with Gasteiger partial charge in [-0.15, -0.1) is 0 Å². The minimum absolute atomic E-state index is 0.324. The second-order valence-electron chi connectivity index (χ2n) is 7.97. The van der Waals surface area contributed by atoms with Crippen LogP contribution in [0.3, 0.4) is 0 Å². The van der Waals surface area contributed by atoms with E-state index < -0.39 is 6.10 Å². The highest BCUT2D eigenvalue weighted by Gasteiger charge is 2.17. The topological polar surface area (TPSA) is 64.4 Å². The summed E-state index contributed by atoms with van der Waals surface area (Å²) in [4.78, 5) is 17.3. The van der Waals surface area contributed by atoms with Crippen molar-refractivity contribution in [3.8, 4) is 28.3 Å². The zero-order valence-electron chi connectivity index (χ0n) is 18.7. The molecule has 1 atom stereocenters. The van der Waals surface area contributed by atoms with E-state index in [4.69, 9.17) is 32.4 Å². The van der Waals surface area contributed by atoms with Crippen molar-refractivity contribution in [2.24, 2.45) is 0 Å². The maximum absolute atomic E-state index is 12.7. The first-order valence-electron chi connectivity index (χ1n) is 11.0. The van der Waals surface area contributed by atoms with E-state index in [0.717, 1.165) is 16.7 Å². The predicted molar refractivity (Wildman–Crippen MR) is 140 cm³/mol. The second kappa shape index (κ2) is 9.82. The second-order valence-corrected chi connectivity index (χ2v) is 8.81. The Labute approximate surface area is 212 Å². The van der Waals surface area contributed by atoms with Gasteiger partial charge in [0, 0.05) is 16.3 Å². The molecule has 0 bridgehead atoms. The zero-order valence-corrected chi connectivity index (χ0v) is 20.2. The molecule has 1 aromatic heterocycles. The molecule has 0 radical (unpaired) electrons. The molecule has 1 N–H and O–H groups in total. The highest BCUT2D eigenvalue weighted by atomic mass is 35.5. The monoisotopic (exact) mass is 502 g/mol. The summed E-state index contributed by atoms with van der Waals surface area (Å²) in [6.45, 7) is 1.64. The van der Waals surface area contributed by atoms with Crippen molar-refractivity contribution in [2.45, 2.75) is 13.0 Å². The van der Waals surface area contributed by atoms with Crippen LogP contribution in [-0.2, 0) is 4.79 Å². The quantitative estimate of drug-likeness (QED) is 0.256. The van der Waals surface area contributed by atoms with Gasteiger partial charge in [-0.1, -0.05) is 65.7 Å². The Morgan fingerprint density at radius 3 is 2.34 bits per heavy atom. The minimum atomic E-state index is -0.777.